The Kier molecular flexibility index (Phi) is 24.3. The highest BCUT2D eigenvalue weighted by molar-refractivity contribution is 9.11. The van der Waals surface area contributed by atoms with Crippen LogP contribution in [0.1, 0.15) is 62.5 Å². The summed E-state index contributed by atoms with van der Waals surface area (Å²) in [5, 5.41) is 10.6. The molecule has 0 bridgehead atoms. The van der Waals surface area contributed by atoms with Gasteiger partial charge in [0.15, 0.2) is 51.5 Å². The molecular weight excluding hydrogens is 1630 g/mol. The third-order valence-electron chi connectivity index (χ3n) is 18.6. The van der Waals surface area contributed by atoms with Crippen LogP contribution in [-0.4, -0.2) is 144 Å². The lowest BCUT2D eigenvalue weighted by Crippen LogP contribution is -2.36. The Hall–Kier alpha value is -11.2. The highest BCUT2D eigenvalue weighted by Gasteiger charge is 2.27. The quantitative estimate of drug-likeness (QED) is 0.0564. The summed E-state index contributed by atoms with van der Waals surface area (Å²) in [6.07, 6.45) is 9.36. The molecule has 11 heterocycles. The molecule has 3 aliphatic heterocycles. The number of hydrogen-bond donors (Lipinski definition) is 3. The van der Waals surface area contributed by atoms with E-state index in [4.69, 9.17) is 28.7 Å². The van der Waals surface area contributed by atoms with E-state index in [0.29, 0.717) is 120 Å². The number of H-pyrrole nitrogens is 2. The average Bonchev–Trinajstić information content (AvgIpc) is 1.59. The number of morpholine rings is 3. The van der Waals surface area contributed by atoms with Crippen LogP contribution in [0.25, 0.3) is 40.0 Å². The molecule has 3 aliphatic rings. The maximum atomic E-state index is 13.9. The van der Waals surface area contributed by atoms with Crippen molar-refractivity contribution in [3.8, 4) is 40.3 Å². The van der Waals surface area contributed by atoms with Crippen LogP contribution >= 0.6 is 47.8 Å². The number of halogens is 6. The standard InChI is InChI=1S/C30H27BrFN3O5.C29H25BrFN5O3.C22H19BrFN5O3/c31-25-17-23(34-12-14-39-15-13-34)18-35-29(25)33-27(28(30(35)38)40-19-21-4-2-1-3-5-21)26(37)11-10-24(36)16-20-6-8-22(32)9-7-20;30-24-15-23(35-10-12-38-13-11-35)17-36-28(24)34-25(26(29(36)37)39-18-20-4-2-1-3-5-20)27-32-16-22(33-27)14-19-6-8-21(31)9-7-19;23-17-10-16(28-5-7-32-8-6-28)12-29-21(17)27-18(19(30)22(29)31)20-25-11-15(26-20)9-13-1-3-14(24)4-2-13/h1-9,17-18H,10-16,19H2;1-9,15-17H,10-14,18H2,(H,32,33);1-4,10-12,30H,5-9H2,(H,25,26). The molecule has 24 nitrogen and oxygen atoms in total. The summed E-state index contributed by atoms with van der Waals surface area (Å²) in [6.45, 7) is 8.19. The van der Waals surface area contributed by atoms with E-state index < -0.39 is 22.7 Å². The number of carbonyl (C=O) groups excluding carboxylic acids is 2. The van der Waals surface area contributed by atoms with Crippen molar-refractivity contribution in [2.75, 3.05) is 93.6 Å². The van der Waals surface area contributed by atoms with E-state index in [1.807, 2.05) is 78.9 Å². The number of hydrogen-bond acceptors (Lipinski definition) is 19. The minimum Gasteiger partial charge on any atom is -0.501 e. The Labute approximate surface area is 657 Å². The zero-order valence-electron chi connectivity index (χ0n) is 59.5. The number of ether oxygens (including phenoxy) is 5. The Morgan fingerprint density at radius 2 is 0.838 bits per heavy atom. The SMILES string of the molecule is O=C(CCC(=O)c1nc2c(Br)cc(N3CCOCC3)cn2c(=O)c1OCc1ccccc1)Cc1ccc(F)cc1.O=c1c(O)c(-c2ncc(Cc3ccc(F)cc3)[nH]2)nc2c(Br)cc(N3CCOCC3)cn12.O=c1c(OCc2ccccc2)c(-c2ncc(Cc3ccc(F)cc3)[nH]2)nc2c(Br)cc(N3CCOCC3)cn12. The number of nitrogens with one attached hydrogen (secondary N) is 2. The molecule has 0 aliphatic carbocycles. The van der Waals surface area contributed by atoms with Gasteiger partial charge in [-0.25, -0.2) is 38.1 Å². The lowest BCUT2D eigenvalue weighted by atomic mass is 10.0. The first-order valence-electron chi connectivity index (χ1n) is 35.6. The van der Waals surface area contributed by atoms with Crippen molar-refractivity contribution >= 4 is 93.4 Å². The molecule has 3 N–H and O–H groups in total. The number of imidazole rings is 2. The second kappa shape index (κ2) is 35.3. The summed E-state index contributed by atoms with van der Waals surface area (Å²) in [6, 6.07) is 42.8. The van der Waals surface area contributed by atoms with Gasteiger partial charge in [0.2, 0.25) is 17.2 Å². The number of nitrogens with zero attached hydrogens (tertiary/aromatic N) is 11. The zero-order valence-corrected chi connectivity index (χ0v) is 64.2. The normalized spacial score (nSPS) is 13.7. The van der Waals surface area contributed by atoms with Gasteiger partial charge in [-0.3, -0.25) is 37.2 Å². The number of fused-ring (bicyclic) bond motifs is 3. The number of aromatic amines is 2. The van der Waals surface area contributed by atoms with Crippen molar-refractivity contribution in [2.45, 2.75) is 45.3 Å². The molecule has 0 spiro atoms. The Morgan fingerprint density at radius 1 is 0.459 bits per heavy atom. The van der Waals surface area contributed by atoms with Gasteiger partial charge in [-0.05, 0) is 130 Å². The highest BCUT2D eigenvalue weighted by atomic mass is 79.9. The van der Waals surface area contributed by atoms with Gasteiger partial charge in [0.05, 0.1) is 70.1 Å². The van der Waals surface area contributed by atoms with Crippen LogP contribution in [0.15, 0.2) is 210 Å². The monoisotopic (exact) mass is 1700 g/mol. The summed E-state index contributed by atoms with van der Waals surface area (Å²) in [5.41, 5.74) is 8.25. The van der Waals surface area contributed by atoms with Crippen LogP contribution in [0.2, 0.25) is 0 Å². The third kappa shape index (κ3) is 18.5. The number of Topliss-reactive ketones (excluding diaryl/α,β-unsaturated/α-hetero) is 2. The van der Waals surface area contributed by atoms with Gasteiger partial charge in [-0.1, -0.05) is 97.1 Å². The molecule has 13 aromatic rings. The molecular formula is C81H71Br3F3N13O11. The second-order valence-electron chi connectivity index (χ2n) is 26.3. The molecule has 0 atom stereocenters. The van der Waals surface area contributed by atoms with Crippen molar-refractivity contribution in [1.29, 1.82) is 0 Å². The van der Waals surface area contributed by atoms with E-state index in [1.165, 1.54) is 49.6 Å². The molecule has 568 valence electrons. The average molecular weight is 1700 g/mol. The predicted octanol–water partition coefficient (Wildman–Crippen LogP) is 12.9. The predicted molar refractivity (Wildman–Crippen MR) is 422 cm³/mol. The molecule has 0 unspecified atom stereocenters. The molecule has 30 heteroatoms. The van der Waals surface area contributed by atoms with Crippen LogP contribution in [0, 0.1) is 17.5 Å². The summed E-state index contributed by atoms with van der Waals surface area (Å²) >= 11 is 10.7. The summed E-state index contributed by atoms with van der Waals surface area (Å²) < 4.78 is 74.1. The van der Waals surface area contributed by atoms with Crippen molar-refractivity contribution in [1.82, 2.24) is 48.1 Å². The zero-order chi connectivity index (χ0) is 77.1. The second-order valence-corrected chi connectivity index (χ2v) is 28.8. The molecule has 0 amide bonds. The number of anilines is 3. The van der Waals surface area contributed by atoms with Gasteiger partial charge in [0, 0.05) is 114 Å². The van der Waals surface area contributed by atoms with E-state index in [0.717, 1.165) is 63.8 Å². The van der Waals surface area contributed by atoms with Crippen LogP contribution < -0.4 is 40.9 Å². The maximum Gasteiger partial charge on any atom is 0.301 e. The first-order chi connectivity index (χ1) is 53.9. The molecule has 16 rings (SSSR count). The third-order valence-corrected chi connectivity index (χ3v) is 20.4. The topological polar surface area (TPSA) is 271 Å². The number of ketones is 2. The van der Waals surface area contributed by atoms with Gasteiger partial charge in [0.1, 0.15) is 36.4 Å². The van der Waals surface area contributed by atoms with Gasteiger partial charge < -0.3 is 53.5 Å². The van der Waals surface area contributed by atoms with E-state index in [9.17, 15) is 42.3 Å². The molecule has 0 radical (unpaired) electrons. The smallest absolute Gasteiger partial charge is 0.301 e. The van der Waals surface area contributed by atoms with E-state index >= 15 is 0 Å². The maximum absolute atomic E-state index is 13.9. The Balaban J connectivity index is 0.000000139. The fraction of sp³-hybridized carbons (Fsp3) is 0.235. The van der Waals surface area contributed by atoms with Gasteiger partial charge in [0.25, 0.3) is 0 Å². The van der Waals surface area contributed by atoms with Gasteiger partial charge in [-0.2, -0.15) is 0 Å². The number of pyridine rings is 3. The molecule has 3 saturated heterocycles. The lowest BCUT2D eigenvalue weighted by molar-refractivity contribution is -0.118. The number of aromatic nitrogens is 10. The Morgan fingerprint density at radius 3 is 1.28 bits per heavy atom. The first kappa shape index (κ1) is 76.6. The molecule has 0 saturated carbocycles. The summed E-state index contributed by atoms with van der Waals surface area (Å²) in [7, 11) is 0. The molecule has 5 aromatic carbocycles. The fourth-order valence-electron chi connectivity index (χ4n) is 12.8. The van der Waals surface area contributed by atoms with Crippen molar-refractivity contribution in [3.05, 3.63) is 289 Å². The van der Waals surface area contributed by atoms with Crippen molar-refractivity contribution in [3.63, 3.8) is 0 Å². The van der Waals surface area contributed by atoms with Gasteiger partial charge in [-0.15, -0.1) is 0 Å². The van der Waals surface area contributed by atoms with E-state index in [-0.39, 0.29) is 95.6 Å². The van der Waals surface area contributed by atoms with Crippen LogP contribution in [0.3, 0.4) is 0 Å². The largest absolute Gasteiger partial charge is 0.501 e. The minimum atomic E-state index is -0.586. The molecule has 3 fully saturated rings. The van der Waals surface area contributed by atoms with Crippen molar-refractivity contribution < 1.29 is 51.6 Å². The molecule has 111 heavy (non-hydrogen) atoms. The van der Waals surface area contributed by atoms with E-state index in [1.54, 1.807) is 67.4 Å². The van der Waals surface area contributed by atoms with Crippen LogP contribution in [0.5, 0.6) is 17.2 Å². The van der Waals surface area contributed by atoms with Crippen LogP contribution in [0.4, 0.5) is 30.2 Å². The minimum absolute atomic E-state index is 0.0491. The first-order valence-corrected chi connectivity index (χ1v) is 38.0. The van der Waals surface area contributed by atoms with Crippen LogP contribution in [-0.2, 0) is 51.5 Å². The van der Waals surface area contributed by atoms with Gasteiger partial charge >= 0.3 is 16.7 Å². The number of carbonyl (C=O) groups is 2. The molecule has 8 aromatic heterocycles. The van der Waals surface area contributed by atoms with E-state index in [2.05, 4.69) is 92.4 Å². The lowest BCUT2D eigenvalue weighted by Gasteiger charge is -2.29. The number of rotatable bonds is 21. The number of aromatic hydroxyl groups is 1. The fourth-order valence-corrected chi connectivity index (χ4v) is 14.3. The number of benzene rings is 5. The summed E-state index contributed by atoms with van der Waals surface area (Å²) in [4.78, 5) is 102. The Bertz CT molecular complexity index is 5700. The van der Waals surface area contributed by atoms with Crippen molar-refractivity contribution in [2.24, 2.45) is 0 Å². The summed E-state index contributed by atoms with van der Waals surface area (Å²) in [5.74, 6) is -1.47. The highest BCUT2D eigenvalue weighted by Crippen LogP contribution is 2.33.